The largest absolute Gasteiger partial charge is 0.462 e. The molecule has 0 heterocycles. The molecule has 266 valence electrons. The molecule has 0 aliphatic heterocycles. The number of carbonyl (C=O) groups excluding carboxylic acids is 4. The molecule has 0 radical (unpaired) electrons. The summed E-state index contributed by atoms with van der Waals surface area (Å²) in [4.78, 5) is 49.2. The van der Waals surface area contributed by atoms with Crippen molar-refractivity contribution in [1.29, 1.82) is 0 Å². The number of hydrogen-bond acceptors (Lipinski definition) is 8. The van der Waals surface area contributed by atoms with E-state index in [1.807, 2.05) is 0 Å². The number of benzene rings is 2. The Balaban J connectivity index is 1.59. The highest BCUT2D eigenvalue weighted by atomic mass is 16.6. The van der Waals surface area contributed by atoms with Crippen LogP contribution in [0.3, 0.4) is 0 Å². The van der Waals surface area contributed by atoms with Gasteiger partial charge in [0.05, 0.1) is 24.3 Å². The summed E-state index contributed by atoms with van der Waals surface area (Å²) < 4.78 is 20.9. The van der Waals surface area contributed by atoms with Gasteiger partial charge in [0.25, 0.3) is 0 Å². The van der Waals surface area contributed by atoms with Gasteiger partial charge < -0.3 is 18.9 Å². The summed E-state index contributed by atoms with van der Waals surface area (Å²) in [7, 11) is 0. The SMILES string of the molecule is CCCCCCCCCCCCOC(=O)c1ccc(OC(=O)C(=O)Oc2ccc(C(=O)OCCCCCCCCCCCC)cc2)cc1. The van der Waals surface area contributed by atoms with Gasteiger partial charge in [0.2, 0.25) is 0 Å². The fourth-order valence-electron chi connectivity index (χ4n) is 5.29. The molecule has 0 amide bonds. The second-order valence-electron chi connectivity index (χ2n) is 12.5. The normalized spacial score (nSPS) is 10.8. The number of rotatable bonds is 26. The third kappa shape index (κ3) is 18.6. The van der Waals surface area contributed by atoms with E-state index in [1.54, 1.807) is 0 Å². The van der Waals surface area contributed by atoms with Gasteiger partial charge in [-0.05, 0) is 61.4 Å². The standard InChI is InChI=1S/C40H58O8/c1-3-5-7-9-11-13-15-17-19-21-31-45-37(41)33-23-27-35(28-24-33)47-39(43)40(44)48-36-29-25-34(26-30-36)38(42)46-32-22-20-18-16-14-12-10-8-6-4-2/h23-30H,3-22,31-32H2,1-2H3. The zero-order chi connectivity index (χ0) is 34.7. The maximum Gasteiger partial charge on any atom is 0.423 e. The van der Waals surface area contributed by atoms with Crippen LogP contribution in [0.15, 0.2) is 48.5 Å². The summed E-state index contributed by atoms with van der Waals surface area (Å²) in [6, 6.07) is 11.6. The maximum absolute atomic E-state index is 12.3. The molecule has 0 atom stereocenters. The number of carbonyl (C=O) groups is 4. The topological polar surface area (TPSA) is 105 Å². The Morgan fingerprint density at radius 2 is 0.667 bits per heavy atom. The first-order valence-corrected chi connectivity index (χ1v) is 18.4. The minimum absolute atomic E-state index is 0.0868. The van der Waals surface area contributed by atoms with E-state index in [4.69, 9.17) is 18.9 Å². The lowest BCUT2D eigenvalue weighted by Crippen LogP contribution is -2.25. The fourth-order valence-corrected chi connectivity index (χ4v) is 5.29. The molecule has 0 unspecified atom stereocenters. The highest BCUT2D eigenvalue weighted by Crippen LogP contribution is 2.17. The van der Waals surface area contributed by atoms with E-state index < -0.39 is 23.9 Å². The summed E-state index contributed by atoms with van der Waals surface area (Å²) >= 11 is 0. The zero-order valence-corrected chi connectivity index (χ0v) is 29.4. The molecule has 0 saturated carbocycles. The van der Waals surface area contributed by atoms with Crippen LogP contribution in [0, 0.1) is 0 Å². The first-order valence-electron chi connectivity index (χ1n) is 18.4. The van der Waals surface area contributed by atoms with Crippen molar-refractivity contribution in [3.63, 3.8) is 0 Å². The molecule has 8 nitrogen and oxygen atoms in total. The Morgan fingerprint density at radius 1 is 0.396 bits per heavy atom. The lowest BCUT2D eigenvalue weighted by atomic mass is 10.1. The minimum Gasteiger partial charge on any atom is -0.462 e. The van der Waals surface area contributed by atoms with Gasteiger partial charge in [0.15, 0.2) is 0 Å². The minimum atomic E-state index is -1.22. The summed E-state index contributed by atoms with van der Waals surface area (Å²) in [5, 5.41) is 0. The van der Waals surface area contributed by atoms with Crippen LogP contribution >= 0.6 is 0 Å². The predicted octanol–water partition coefficient (Wildman–Crippen LogP) is 10.4. The van der Waals surface area contributed by atoms with E-state index in [-0.39, 0.29) is 11.5 Å². The van der Waals surface area contributed by atoms with Crippen molar-refractivity contribution in [3.05, 3.63) is 59.7 Å². The van der Waals surface area contributed by atoms with Gasteiger partial charge in [-0.3, -0.25) is 0 Å². The van der Waals surface area contributed by atoms with Gasteiger partial charge in [-0.15, -0.1) is 0 Å². The average molecular weight is 667 g/mol. The van der Waals surface area contributed by atoms with Crippen LogP contribution in [0.2, 0.25) is 0 Å². The van der Waals surface area contributed by atoms with Crippen LogP contribution in [-0.2, 0) is 19.1 Å². The van der Waals surface area contributed by atoms with Crippen molar-refractivity contribution < 1.29 is 38.1 Å². The van der Waals surface area contributed by atoms with E-state index in [9.17, 15) is 19.2 Å². The van der Waals surface area contributed by atoms with Crippen LogP contribution in [0.5, 0.6) is 11.5 Å². The van der Waals surface area contributed by atoms with Crippen molar-refractivity contribution in [2.45, 2.75) is 142 Å². The van der Waals surface area contributed by atoms with Gasteiger partial charge in [-0.1, -0.05) is 129 Å². The molecule has 0 aromatic heterocycles. The molecule has 0 spiro atoms. The van der Waals surface area contributed by atoms with E-state index >= 15 is 0 Å². The van der Waals surface area contributed by atoms with Crippen LogP contribution < -0.4 is 9.47 Å². The molecule has 0 aliphatic rings. The number of esters is 4. The van der Waals surface area contributed by atoms with E-state index in [1.165, 1.54) is 138 Å². The quantitative estimate of drug-likeness (QED) is 0.0423. The molecular weight excluding hydrogens is 608 g/mol. The summed E-state index contributed by atoms with van der Waals surface area (Å²) in [5.41, 5.74) is 0.651. The van der Waals surface area contributed by atoms with Crippen LogP contribution in [0.1, 0.15) is 163 Å². The van der Waals surface area contributed by atoms with Crippen molar-refractivity contribution in [3.8, 4) is 11.5 Å². The Morgan fingerprint density at radius 3 is 0.958 bits per heavy atom. The average Bonchev–Trinajstić information content (AvgIpc) is 3.10. The monoisotopic (exact) mass is 666 g/mol. The first kappa shape index (κ1) is 40.5. The van der Waals surface area contributed by atoms with E-state index in [0.29, 0.717) is 24.3 Å². The van der Waals surface area contributed by atoms with Gasteiger partial charge in [-0.25, -0.2) is 19.2 Å². The van der Waals surface area contributed by atoms with Crippen molar-refractivity contribution in [1.82, 2.24) is 0 Å². The molecule has 2 rings (SSSR count). The Bertz CT molecular complexity index is 1080. The Labute approximate surface area is 288 Å². The number of hydrogen-bond donors (Lipinski definition) is 0. The maximum atomic E-state index is 12.3. The van der Waals surface area contributed by atoms with Gasteiger partial charge in [0.1, 0.15) is 11.5 Å². The van der Waals surface area contributed by atoms with Crippen molar-refractivity contribution in [2.75, 3.05) is 13.2 Å². The van der Waals surface area contributed by atoms with Gasteiger partial charge >= 0.3 is 23.9 Å². The molecular formula is C40H58O8. The fraction of sp³-hybridized carbons (Fsp3) is 0.600. The molecule has 2 aromatic carbocycles. The second-order valence-corrected chi connectivity index (χ2v) is 12.5. The second kappa shape index (κ2) is 26.3. The van der Waals surface area contributed by atoms with Crippen LogP contribution in [0.4, 0.5) is 0 Å². The molecule has 0 bridgehead atoms. The molecule has 0 fully saturated rings. The predicted molar refractivity (Wildman–Crippen MR) is 188 cm³/mol. The van der Waals surface area contributed by atoms with Gasteiger partial charge in [-0.2, -0.15) is 0 Å². The molecule has 0 aliphatic carbocycles. The smallest absolute Gasteiger partial charge is 0.423 e. The summed E-state index contributed by atoms with van der Waals surface area (Å²) in [5.74, 6) is -3.16. The highest BCUT2D eigenvalue weighted by Gasteiger charge is 2.20. The Hall–Kier alpha value is -3.68. The lowest BCUT2D eigenvalue weighted by molar-refractivity contribution is -0.156. The van der Waals surface area contributed by atoms with Crippen molar-refractivity contribution >= 4 is 23.9 Å². The van der Waals surface area contributed by atoms with E-state index in [0.717, 1.165) is 38.5 Å². The van der Waals surface area contributed by atoms with Crippen LogP contribution in [-0.4, -0.2) is 37.1 Å². The summed E-state index contributed by atoms with van der Waals surface area (Å²) in [6.45, 7) is 5.17. The van der Waals surface area contributed by atoms with E-state index in [2.05, 4.69) is 13.8 Å². The zero-order valence-electron chi connectivity index (χ0n) is 29.4. The molecule has 2 aromatic rings. The molecule has 8 heteroatoms. The number of ether oxygens (including phenoxy) is 4. The lowest BCUT2D eigenvalue weighted by Gasteiger charge is -2.08. The summed E-state index contributed by atoms with van der Waals surface area (Å²) in [6.07, 6.45) is 24.1. The highest BCUT2D eigenvalue weighted by molar-refractivity contribution is 6.31. The third-order valence-corrected chi connectivity index (χ3v) is 8.23. The third-order valence-electron chi connectivity index (χ3n) is 8.23. The molecule has 48 heavy (non-hydrogen) atoms. The Kier molecular flexibility index (Phi) is 22.2. The molecule has 0 saturated heterocycles. The van der Waals surface area contributed by atoms with Crippen molar-refractivity contribution in [2.24, 2.45) is 0 Å². The van der Waals surface area contributed by atoms with Crippen LogP contribution in [0.25, 0.3) is 0 Å². The first-order chi connectivity index (χ1) is 23.4. The number of unbranched alkanes of at least 4 members (excludes halogenated alkanes) is 18. The molecule has 0 N–H and O–H groups in total. The van der Waals surface area contributed by atoms with Gasteiger partial charge in [0, 0.05) is 0 Å².